The Bertz CT molecular complexity index is 346. The second kappa shape index (κ2) is 5.70. The lowest BCUT2D eigenvalue weighted by atomic mass is 10.1. The zero-order chi connectivity index (χ0) is 12.1. The van der Waals surface area contributed by atoms with Crippen molar-refractivity contribution in [2.45, 2.75) is 26.8 Å². The van der Waals surface area contributed by atoms with Gasteiger partial charge in [-0.25, -0.2) is 0 Å². The first-order chi connectivity index (χ1) is 7.47. The lowest BCUT2D eigenvalue weighted by molar-refractivity contribution is -0.138. The van der Waals surface area contributed by atoms with E-state index >= 15 is 0 Å². The summed E-state index contributed by atoms with van der Waals surface area (Å²) in [6.07, 6.45) is 0.210. The molecule has 0 aromatic carbocycles. The number of aliphatic carboxylic acids is 1. The average Bonchev–Trinajstić information content (AvgIpc) is 2.48. The van der Waals surface area contributed by atoms with Crippen LogP contribution >= 0.6 is 0 Å². The molecule has 0 saturated heterocycles. The van der Waals surface area contributed by atoms with E-state index in [1.165, 1.54) is 0 Å². The van der Waals surface area contributed by atoms with Crippen LogP contribution in [0.5, 0.6) is 0 Å². The molecule has 0 radical (unpaired) electrons. The number of carbonyl (C=O) groups is 1. The van der Waals surface area contributed by atoms with E-state index in [0.29, 0.717) is 0 Å². The minimum atomic E-state index is -0.741. The maximum Gasteiger partial charge on any atom is 0.303 e. The van der Waals surface area contributed by atoms with Gasteiger partial charge in [0, 0.05) is 13.0 Å². The first-order valence-electron chi connectivity index (χ1n) is 5.43. The van der Waals surface area contributed by atoms with Crippen molar-refractivity contribution < 1.29 is 14.3 Å². The van der Waals surface area contributed by atoms with Gasteiger partial charge in [-0.2, -0.15) is 0 Å². The number of nitrogens with zero attached hydrogens (tertiary/aromatic N) is 1. The molecule has 90 valence electrons. The summed E-state index contributed by atoms with van der Waals surface area (Å²) in [6, 6.07) is 3.89. The predicted molar refractivity (Wildman–Crippen MR) is 61.2 cm³/mol. The molecule has 0 aliphatic carbocycles. The van der Waals surface area contributed by atoms with E-state index < -0.39 is 5.97 Å². The fraction of sp³-hybridized carbons (Fsp3) is 0.583. The third-order valence-electron chi connectivity index (χ3n) is 2.37. The highest BCUT2D eigenvalue weighted by Gasteiger charge is 2.11. The second-order valence-electron chi connectivity index (χ2n) is 4.41. The van der Waals surface area contributed by atoms with Crippen molar-refractivity contribution in [3.05, 3.63) is 23.7 Å². The molecule has 1 unspecified atom stereocenters. The van der Waals surface area contributed by atoms with Crippen LogP contribution in [0.25, 0.3) is 0 Å². The quantitative estimate of drug-likeness (QED) is 0.805. The zero-order valence-corrected chi connectivity index (χ0v) is 10.1. The monoisotopic (exact) mass is 225 g/mol. The highest BCUT2D eigenvalue weighted by Crippen LogP contribution is 2.11. The Morgan fingerprint density at radius 3 is 2.75 bits per heavy atom. The number of hydrogen-bond donors (Lipinski definition) is 1. The van der Waals surface area contributed by atoms with E-state index in [1.807, 2.05) is 33.0 Å². The molecule has 1 rings (SSSR count). The van der Waals surface area contributed by atoms with Crippen LogP contribution in [-0.4, -0.2) is 29.6 Å². The number of carboxylic acids is 1. The third-order valence-corrected chi connectivity index (χ3v) is 2.37. The lowest BCUT2D eigenvalue weighted by Crippen LogP contribution is -2.25. The van der Waals surface area contributed by atoms with Crippen LogP contribution in [0.4, 0.5) is 0 Å². The van der Waals surface area contributed by atoms with Crippen molar-refractivity contribution >= 4 is 5.97 Å². The molecule has 16 heavy (non-hydrogen) atoms. The molecule has 0 spiro atoms. The van der Waals surface area contributed by atoms with Crippen LogP contribution in [-0.2, 0) is 11.3 Å². The normalized spacial score (nSPS) is 13.0. The molecule has 0 bridgehead atoms. The molecule has 0 fully saturated rings. The van der Waals surface area contributed by atoms with Gasteiger partial charge in [-0.1, -0.05) is 6.92 Å². The standard InChI is InChI=1S/C12H19NO3/c1-9(6-12(14)15)7-13(3)8-11-5-4-10(2)16-11/h4-5,9H,6-8H2,1-3H3,(H,14,15). The molecule has 1 aromatic rings. The van der Waals surface area contributed by atoms with Gasteiger partial charge in [-0.15, -0.1) is 0 Å². The van der Waals surface area contributed by atoms with Gasteiger partial charge in [0.05, 0.1) is 6.54 Å². The van der Waals surface area contributed by atoms with Gasteiger partial charge in [0.1, 0.15) is 11.5 Å². The minimum absolute atomic E-state index is 0.151. The van der Waals surface area contributed by atoms with Gasteiger partial charge in [-0.3, -0.25) is 9.69 Å². The summed E-state index contributed by atoms with van der Waals surface area (Å²) in [4.78, 5) is 12.6. The maximum atomic E-state index is 10.5. The SMILES string of the molecule is Cc1ccc(CN(C)CC(C)CC(=O)O)o1. The predicted octanol–water partition coefficient (Wildman–Crippen LogP) is 2.13. The fourth-order valence-electron chi connectivity index (χ4n) is 1.80. The summed E-state index contributed by atoms with van der Waals surface area (Å²) in [5.74, 6) is 1.23. The van der Waals surface area contributed by atoms with Crippen LogP contribution in [0.3, 0.4) is 0 Å². The number of carboxylic acid groups (broad SMARTS) is 1. The Kier molecular flexibility index (Phi) is 4.55. The van der Waals surface area contributed by atoms with Gasteiger partial charge in [0.25, 0.3) is 0 Å². The van der Waals surface area contributed by atoms with Gasteiger partial charge in [0.15, 0.2) is 0 Å². The molecule has 1 N–H and O–H groups in total. The van der Waals surface area contributed by atoms with E-state index in [9.17, 15) is 4.79 Å². The summed E-state index contributed by atoms with van der Waals surface area (Å²) in [5.41, 5.74) is 0. The van der Waals surface area contributed by atoms with Crippen LogP contribution in [0, 0.1) is 12.8 Å². The van der Waals surface area contributed by atoms with Gasteiger partial charge in [0.2, 0.25) is 0 Å². The van der Waals surface area contributed by atoms with E-state index in [0.717, 1.165) is 24.6 Å². The van der Waals surface area contributed by atoms with Crippen LogP contribution in [0.15, 0.2) is 16.5 Å². The summed E-state index contributed by atoms with van der Waals surface area (Å²) in [7, 11) is 1.97. The van der Waals surface area contributed by atoms with Crippen LogP contribution in [0.1, 0.15) is 24.9 Å². The van der Waals surface area contributed by atoms with E-state index in [1.54, 1.807) is 0 Å². The molecular formula is C12H19NO3. The topological polar surface area (TPSA) is 53.7 Å². The molecule has 4 heteroatoms. The van der Waals surface area contributed by atoms with Crippen molar-refractivity contribution in [2.75, 3.05) is 13.6 Å². The van der Waals surface area contributed by atoms with Gasteiger partial charge < -0.3 is 9.52 Å². The molecular weight excluding hydrogens is 206 g/mol. The third kappa shape index (κ3) is 4.49. The molecule has 0 aliphatic heterocycles. The zero-order valence-electron chi connectivity index (χ0n) is 10.1. The highest BCUT2D eigenvalue weighted by atomic mass is 16.4. The summed E-state index contributed by atoms with van der Waals surface area (Å²) >= 11 is 0. The molecule has 0 amide bonds. The Labute approximate surface area is 95.9 Å². The lowest BCUT2D eigenvalue weighted by Gasteiger charge is -2.18. The van der Waals surface area contributed by atoms with Crippen molar-refractivity contribution in [2.24, 2.45) is 5.92 Å². The summed E-state index contributed by atoms with van der Waals surface area (Å²) in [6.45, 7) is 5.33. The molecule has 1 heterocycles. The maximum absolute atomic E-state index is 10.5. The second-order valence-corrected chi connectivity index (χ2v) is 4.41. The Balaban J connectivity index is 2.35. The van der Waals surface area contributed by atoms with E-state index in [-0.39, 0.29) is 12.3 Å². The van der Waals surface area contributed by atoms with Crippen LogP contribution < -0.4 is 0 Å². The van der Waals surface area contributed by atoms with Crippen molar-refractivity contribution in [1.82, 2.24) is 4.90 Å². The first-order valence-corrected chi connectivity index (χ1v) is 5.43. The Hall–Kier alpha value is -1.29. The number of rotatable bonds is 6. The van der Waals surface area contributed by atoms with E-state index in [2.05, 4.69) is 4.90 Å². The van der Waals surface area contributed by atoms with Crippen molar-refractivity contribution in [1.29, 1.82) is 0 Å². The average molecular weight is 225 g/mol. The summed E-state index contributed by atoms with van der Waals surface area (Å²) < 4.78 is 5.46. The molecule has 0 saturated carbocycles. The number of furan rings is 1. The molecule has 4 nitrogen and oxygen atoms in total. The van der Waals surface area contributed by atoms with Gasteiger partial charge in [-0.05, 0) is 32.0 Å². The largest absolute Gasteiger partial charge is 0.481 e. The minimum Gasteiger partial charge on any atom is -0.481 e. The number of aryl methyl sites for hydroxylation is 1. The van der Waals surface area contributed by atoms with E-state index in [4.69, 9.17) is 9.52 Å². The van der Waals surface area contributed by atoms with Crippen molar-refractivity contribution in [3.8, 4) is 0 Å². The fourth-order valence-corrected chi connectivity index (χ4v) is 1.80. The van der Waals surface area contributed by atoms with Crippen LogP contribution in [0.2, 0.25) is 0 Å². The van der Waals surface area contributed by atoms with Gasteiger partial charge >= 0.3 is 5.97 Å². The Morgan fingerprint density at radius 2 is 2.25 bits per heavy atom. The highest BCUT2D eigenvalue weighted by molar-refractivity contribution is 5.66. The smallest absolute Gasteiger partial charge is 0.303 e. The first kappa shape index (κ1) is 12.8. The molecule has 0 aliphatic rings. The molecule has 1 atom stereocenters. The Morgan fingerprint density at radius 1 is 1.56 bits per heavy atom. The number of hydrogen-bond acceptors (Lipinski definition) is 3. The molecule has 1 aromatic heterocycles. The van der Waals surface area contributed by atoms with Crippen molar-refractivity contribution in [3.63, 3.8) is 0 Å². The summed E-state index contributed by atoms with van der Waals surface area (Å²) in [5, 5.41) is 8.65.